The van der Waals surface area contributed by atoms with Crippen LogP contribution >= 0.6 is 0 Å². The van der Waals surface area contributed by atoms with Crippen LogP contribution in [0.25, 0.3) is 0 Å². The molecule has 0 aromatic carbocycles. The normalized spacial score (nSPS) is 22.2. The molecule has 0 spiro atoms. The van der Waals surface area contributed by atoms with Gasteiger partial charge in [0.2, 0.25) is 0 Å². The first-order valence-corrected chi connectivity index (χ1v) is 4.72. The predicted molar refractivity (Wildman–Crippen MR) is 52.6 cm³/mol. The third kappa shape index (κ3) is 2.73. The molecule has 0 saturated carbocycles. The third-order valence-electron chi connectivity index (χ3n) is 1.79. The van der Waals surface area contributed by atoms with E-state index in [9.17, 15) is 4.79 Å². The van der Waals surface area contributed by atoms with Gasteiger partial charge in [0.25, 0.3) is 0 Å². The van der Waals surface area contributed by atoms with Crippen LogP contribution in [0.5, 0.6) is 0 Å². The standard InChI is InChI=1S/C10H17NO3/c1-5-8-6-7-13-11(8)9(12)14-10(2,3)4/h5,8H,1,6-7H2,2-4H3. The fourth-order valence-corrected chi connectivity index (χ4v) is 1.19. The molecule has 0 aromatic rings. The molecule has 4 heteroatoms. The maximum Gasteiger partial charge on any atom is 0.435 e. The van der Waals surface area contributed by atoms with E-state index in [1.165, 1.54) is 5.06 Å². The molecule has 0 radical (unpaired) electrons. The third-order valence-corrected chi connectivity index (χ3v) is 1.79. The van der Waals surface area contributed by atoms with Gasteiger partial charge < -0.3 is 4.74 Å². The molecular weight excluding hydrogens is 182 g/mol. The molecule has 0 aromatic heterocycles. The number of hydrogen-bond acceptors (Lipinski definition) is 3. The van der Waals surface area contributed by atoms with Crippen molar-refractivity contribution in [2.45, 2.75) is 38.8 Å². The van der Waals surface area contributed by atoms with Crippen molar-refractivity contribution in [2.75, 3.05) is 6.61 Å². The molecule has 1 heterocycles. The molecule has 1 fully saturated rings. The molecule has 1 saturated heterocycles. The van der Waals surface area contributed by atoms with Gasteiger partial charge in [0.1, 0.15) is 5.60 Å². The Morgan fingerprint density at radius 2 is 2.29 bits per heavy atom. The molecule has 1 aliphatic heterocycles. The highest BCUT2D eigenvalue weighted by Crippen LogP contribution is 2.19. The lowest BCUT2D eigenvalue weighted by Gasteiger charge is -2.25. The molecule has 4 nitrogen and oxygen atoms in total. The van der Waals surface area contributed by atoms with E-state index in [1.807, 2.05) is 20.8 Å². The van der Waals surface area contributed by atoms with Crippen molar-refractivity contribution in [1.82, 2.24) is 5.06 Å². The molecule has 1 atom stereocenters. The highest BCUT2D eigenvalue weighted by Gasteiger charge is 2.31. The Bertz CT molecular complexity index is 232. The van der Waals surface area contributed by atoms with Crippen molar-refractivity contribution in [3.05, 3.63) is 12.7 Å². The van der Waals surface area contributed by atoms with Crippen LogP contribution in [0.4, 0.5) is 4.79 Å². The highest BCUT2D eigenvalue weighted by atomic mass is 16.7. The monoisotopic (exact) mass is 199 g/mol. The molecule has 1 unspecified atom stereocenters. The van der Waals surface area contributed by atoms with Crippen molar-refractivity contribution < 1.29 is 14.4 Å². The molecule has 1 aliphatic rings. The van der Waals surface area contributed by atoms with Crippen LogP contribution in [-0.2, 0) is 9.57 Å². The van der Waals surface area contributed by atoms with Crippen LogP contribution < -0.4 is 0 Å². The van der Waals surface area contributed by atoms with Crippen LogP contribution in [0.2, 0.25) is 0 Å². The van der Waals surface area contributed by atoms with Gasteiger partial charge >= 0.3 is 6.09 Å². The van der Waals surface area contributed by atoms with E-state index >= 15 is 0 Å². The summed E-state index contributed by atoms with van der Waals surface area (Å²) in [6, 6.07) is -0.0650. The SMILES string of the molecule is C=CC1CCON1C(=O)OC(C)(C)C. The Kier molecular flexibility index (Phi) is 3.16. The van der Waals surface area contributed by atoms with Crippen LogP contribution in [0.3, 0.4) is 0 Å². The van der Waals surface area contributed by atoms with E-state index in [-0.39, 0.29) is 6.04 Å². The molecule has 80 valence electrons. The molecule has 0 aliphatic carbocycles. The van der Waals surface area contributed by atoms with Gasteiger partial charge in [-0.3, -0.25) is 4.84 Å². The summed E-state index contributed by atoms with van der Waals surface area (Å²) in [6.07, 6.45) is 2.03. The second-order valence-corrected chi connectivity index (χ2v) is 4.23. The summed E-state index contributed by atoms with van der Waals surface area (Å²) < 4.78 is 5.17. The minimum absolute atomic E-state index is 0.0650. The summed E-state index contributed by atoms with van der Waals surface area (Å²) in [4.78, 5) is 16.7. The summed E-state index contributed by atoms with van der Waals surface area (Å²) in [7, 11) is 0. The number of amides is 1. The van der Waals surface area contributed by atoms with Crippen molar-refractivity contribution in [3.8, 4) is 0 Å². The minimum atomic E-state index is -0.491. The number of carbonyl (C=O) groups is 1. The minimum Gasteiger partial charge on any atom is -0.442 e. The lowest BCUT2D eigenvalue weighted by Crippen LogP contribution is -2.38. The van der Waals surface area contributed by atoms with Gasteiger partial charge in [-0.05, 0) is 27.2 Å². The van der Waals surface area contributed by atoms with Crippen molar-refractivity contribution >= 4 is 6.09 Å². The van der Waals surface area contributed by atoms with Crippen LogP contribution in [-0.4, -0.2) is 29.4 Å². The van der Waals surface area contributed by atoms with Gasteiger partial charge in [0, 0.05) is 0 Å². The van der Waals surface area contributed by atoms with Crippen LogP contribution in [0.15, 0.2) is 12.7 Å². The largest absolute Gasteiger partial charge is 0.442 e. The van der Waals surface area contributed by atoms with Gasteiger partial charge in [-0.25, -0.2) is 4.79 Å². The Hall–Kier alpha value is -1.03. The zero-order valence-electron chi connectivity index (χ0n) is 8.95. The van der Waals surface area contributed by atoms with E-state index in [0.29, 0.717) is 6.61 Å². The molecule has 0 N–H and O–H groups in total. The van der Waals surface area contributed by atoms with E-state index in [0.717, 1.165) is 6.42 Å². The van der Waals surface area contributed by atoms with Gasteiger partial charge in [-0.15, -0.1) is 6.58 Å². The summed E-state index contributed by atoms with van der Waals surface area (Å²) in [5, 5.41) is 1.25. The van der Waals surface area contributed by atoms with E-state index in [4.69, 9.17) is 9.57 Å². The van der Waals surface area contributed by atoms with Crippen LogP contribution in [0, 0.1) is 0 Å². The van der Waals surface area contributed by atoms with Crippen molar-refractivity contribution in [1.29, 1.82) is 0 Å². The molecular formula is C10H17NO3. The second kappa shape index (κ2) is 4.00. The molecule has 1 rings (SSSR count). The topological polar surface area (TPSA) is 38.8 Å². The number of rotatable bonds is 1. The summed E-state index contributed by atoms with van der Waals surface area (Å²) in [6.45, 7) is 9.65. The molecule has 0 bridgehead atoms. The zero-order chi connectivity index (χ0) is 10.8. The fourth-order valence-electron chi connectivity index (χ4n) is 1.19. The van der Waals surface area contributed by atoms with Gasteiger partial charge in [0.15, 0.2) is 0 Å². The number of hydroxylamine groups is 2. The smallest absolute Gasteiger partial charge is 0.435 e. The van der Waals surface area contributed by atoms with Gasteiger partial charge in [-0.2, -0.15) is 5.06 Å². The van der Waals surface area contributed by atoms with E-state index in [2.05, 4.69) is 6.58 Å². The van der Waals surface area contributed by atoms with Crippen molar-refractivity contribution in [3.63, 3.8) is 0 Å². The molecule has 1 amide bonds. The summed E-state index contributed by atoms with van der Waals surface area (Å²) in [5.74, 6) is 0. The number of carbonyl (C=O) groups excluding carboxylic acids is 1. The number of hydrogen-bond donors (Lipinski definition) is 0. The average molecular weight is 199 g/mol. The predicted octanol–water partition coefficient (Wildman–Crippen LogP) is 2.11. The Morgan fingerprint density at radius 1 is 1.64 bits per heavy atom. The Morgan fingerprint density at radius 3 is 2.79 bits per heavy atom. The van der Waals surface area contributed by atoms with Crippen LogP contribution in [0.1, 0.15) is 27.2 Å². The quantitative estimate of drug-likeness (QED) is 0.607. The van der Waals surface area contributed by atoms with E-state index in [1.54, 1.807) is 6.08 Å². The molecule has 14 heavy (non-hydrogen) atoms. The highest BCUT2D eigenvalue weighted by molar-refractivity contribution is 5.67. The number of ether oxygens (including phenoxy) is 1. The lowest BCUT2D eigenvalue weighted by molar-refractivity contribution is -0.117. The zero-order valence-corrected chi connectivity index (χ0v) is 8.95. The Balaban J connectivity index is 2.56. The van der Waals surface area contributed by atoms with E-state index < -0.39 is 11.7 Å². The lowest BCUT2D eigenvalue weighted by atomic mass is 10.2. The average Bonchev–Trinajstić information content (AvgIpc) is 2.47. The van der Waals surface area contributed by atoms with Crippen molar-refractivity contribution in [2.24, 2.45) is 0 Å². The van der Waals surface area contributed by atoms with Gasteiger partial charge in [0.05, 0.1) is 12.6 Å². The maximum atomic E-state index is 11.6. The second-order valence-electron chi connectivity index (χ2n) is 4.23. The first-order chi connectivity index (χ1) is 6.44. The first-order valence-electron chi connectivity index (χ1n) is 4.72. The Labute approximate surface area is 84.4 Å². The van der Waals surface area contributed by atoms with Gasteiger partial charge in [-0.1, -0.05) is 6.08 Å². The maximum absolute atomic E-state index is 11.6. The summed E-state index contributed by atoms with van der Waals surface area (Å²) in [5.41, 5.74) is -0.491. The number of nitrogens with zero attached hydrogens (tertiary/aromatic N) is 1. The summed E-state index contributed by atoms with van der Waals surface area (Å²) >= 11 is 0. The fraction of sp³-hybridized carbons (Fsp3) is 0.700. The first kappa shape index (κ1) is 11.0.